The summed E-state index contributed by atoms with van der Waals surface area (Å²) in [6.07, 6.45) is -4.44. The van der Waals surface area contributed by atoms with Crippen molar-refractivity contribution < 1.29 is 115 Å². The molecule has 590 valence electrons. The quantitative estimate of drug-likeness (QED) is 0.0200. The van der Waals surface area contributed by atoms with Crippen LogP contribution < -0.4 is 85.5 Å². The molecule has 0 aromatic heterocycles. The average Bonchev–Trinajstić information content (AvgIpc) is 0.917. The summed E-state index contributed by atoms with van der Waals surface area (Å²) >= 11 is 0. The monoisotopic (exact) mass is 1540 g/mol. The molecule has 0 spiro atoms. The molecule has 0 radical (unpaired) electrons. The zero-order valence-corrected chi connectivity index (χ0v) is 61.8. The molecule has 1 aliphatic rings. The topological polar surface area (TPSA) is 652 Å². The van der Waals surface area contributed by atoms with Crippen molar-refractivity contribution in [1.82, 2.24) is 79.8 Å². The first-order valence-electron chi connectivity index (χ1n) is 33.3. The van der Waals surface area contributed by atoms with Crippen molar-refractivity contribution in [2.24, 2.45) is 23.5 Å². The molecule has 0 saturated carbocycles. The summed E-state index contributed by atoms with van der Waals surface area (Å²) in [5.74, 6) is -17.0. The van der Waals surface area contributed by atoms with Gasteiger partial charge in [0.1, 0.15) is 83.9 Å². The molecule has 1 rings (SSSR count). The van der Waals surface area contributed by atoms with Crippen molar-refractivity contribution in [3.63, 3.8) is 0 Å². The Balaban J connectivity index is 4.26. The fourth-order valence-electron chi connectivity index (χ4n) is 9.89. The molecular weight excluding hydrogens is 1440 g/mol. The number of nitrogens with one attached hydrogen (secondary N) is 15. The molecule has 1 saturated heterocycles. The van der Waals surface area contributed by atoms with Gasteiger partial charge in [-0.1, -0.05) is 60.8 Å². The van der Waals surface area contributed by atoms with E-state index in [1.807, 2.05) is 13.8 Å². The summed E-state index contributed by atoms with van der Waals surface area (Å²) < 4.78 is 130. The fourth-order valence-corrected chi connectivity index (χ4v) is 11.5. The number of carbonyl (C=O) groups is 11. The molecule has 102 heavy (non-hydrogen) atoms. The van der Waals surface area contributed by atoms with E-state index in [1.54, 1.807) is 27.7 Å². The Morgan fingerprint density at radius 2 is 0.892 bits per heavy atom. The second-order valence-electron chi connectivity index (χ2n) is 25.7. The minimum absolute atomic E-state index is 0.0703. The zero-order chi connectivity index (χ0) is 77.9. The number of aliphatic hydroxyl groups excluding tert-OH is 2. The predicted octanol–water partition coefficient (Wildman–Crippen LogP) is -7.54. The number of unbranched alkanes of at least 4 members (excludes halogenated alkanes) is 1. The van der Waals surface area contributed by atoms with Crippen LogP contribution in [0.15, 0.2) is 0 Å². The Morgan fingerprint density at radius 1 is 0.490 bits per heavy atom. The molecule has 41 nitrogen and oxygen atoms in total. The van der Waals surface area contributed by atoms with E-state index in [2.05, 4.69) is 79.8 Å². The first-order chi connectivity index (χ1) is 47.3. The van der Waals surface area contributed by atoms with Crippen molar-refractivity contribution in [3.05, 3.63) is 0 Å². The first kappa shape index (κ1) is 93.5. The van der Waals surface area contributed by atoms with Crippen molar-refractivity contribution in [1.29, 1.82) is 0 Å². The Hall–Kier alpha value is -6.47. The maximum Gasteiger partial charge on any atom is 0.278 e. The molecule has 1 heterocycles. The van der Waals surface area contributed by atoms with Crippen LogP contribution in [0.4, 0.5) is 0 Å². The summed E-state index contributed by atoms with van der Waals surface area (Å²) in [6.45, 7) is 9.93. The standard InChI is InChI=1S/C57H108N16O25S4/c1-9-34(6)12-10-11-13-45(76)64-38(15-21-59-28-99(87,88)89)52(81)73-47(36(8)75)57(86)69-40(17-23-61-30-101(93,94)95)49(78)68-42-19-25-63-56(85)46(35(7)74)72-53(82)41(18-24-62-31-102(96,97)98)67-48(77)37(14-20-58)65-54(83)43(26-32(2)3)71-55(84)44(27-33(4)5)70-51(80)39(66-50(42)79)16-22-60-29-100(90,91)92/h32-44,46-47,59-62,74-75H,9-31,58H2,1-8H3,(H,63,85)(H,64,76)(H,65,83)(H,66,79)(H,67,77)(H,68,78)(H,69,86)(H,70,80)(H,71,84)(H,72,82)(H,73,81)(H,87,88,89)(H,90,91,92)(H,93,94,95)(H,96,97,98)/t34-,35+,36+,37-,38-,39?,40-,41-,42?,43-,44+,46?,47-/m0/s1. The number of rotatable bonds is 41. The van der Waals surface area contributed by atoms with E-state index in [0.29, 0.717) is 18.8 Å². The van der Waals surface area contributed by atoms with Crippen molar-refractivity contribution >= 4 is 105 Å². The lowest BCUT2D eigenvalue weighted by Gasteiger charge is -2.29. The van der Waals surface area contributed by atoms with E-state index < -0.39 is 259 Å². The molecule has 13 atom stereocenters. The molecule has 0 bridgehead atoms. The van der Waals surface area contributed by atoms with Crippen LogP contribution in [0.5, 0.6) is 0 Å². The van der Waals surface area contributed by atoms with Gasteiger partial charge in [0, 0.05) is 13.0 Å². The van der Waals surface area contributed by atoms with Gasteiger partial charge in [0.25, 0.3) is 40.5 Å². The molecule has 3 unspecified atom stereocenters. The highest BCUT2D eigenvalue weighted by atomic mass is 32.2. The van der Waals surface area contributed by atoms with Crippen LogP contribution in [-0.2, 0) is 93.2 Å². The van der Waals surface area contributed by atoms with Crippen LogP contribution in [0.25, 0.3) is 0 Å². The first-order valence-corrected chi connectivity index (χ1v) is 39.7. The Bertz CT molecular complexity index is 3230. The third-order valence-electron chi connectivity index (χ3n) is 15.4. The van der Waals surface area contributed by atoms with E-state index in [9.17, 15) is 115 Å². The van der Waals surface area contributed by atoms with E-state index >= 15 is 0 Å². The van der Waals surface area contributed by atoms with Crippen LogP contribution in [0, 0.1) is 17.8 Å². The summed E-state index contributed by atoms with van der Waals surface area (Å²) in [4.78, 5) is 157. The number of hydrogen-bond acceptors (Lipinski definition) is 26. The van der Waals surface area contributed by atoms with E-state index in [0.717, 1.165) is 26.7 Å². The second-order valence-corrected chi connectivity index (χ2v) is 31.5. The largest absolute Gasteiger partial charge is 0.391 e. The number of amides is 11. The number of nitrogens with two attached hydrogens (primary N) is 1. The van der Waals surface area contributed by atoms with Crippen molar-refractivity contribution in [2.45, 2.75) is 211 Å². The van der Waals surface area contributed by atoms with Gasteiger partial charge in [-0.15, -0.1) is 0 Å². The molecule has 0 aromatic carbocycles. The van der Waals surface area contributed by atoms with Crippen LogP contribution in [0.3, 0.4) is 0 Å². The summed E-state index contributed by atoms with van der Waals surface area (Å²) in [5, 5.41) is 57.8. The van der Waals surface area contributed by atoms with Crippen LogP contribution >= 0.6 is 0 Å². The van der Waals surface area contributed by atoms with Gasteiger partial charge in [0.15, 0.2) is 0 Å². The maximum absolute atomic E-state index is 14.9. The second kappa shape index (κ2) is 46.4. The lowest BCUT2D eigenvalue weighted by atomic mass is 9.99. The summed E-state index contributed by atoms with van der Waals surface area (Å²) in [5.41, 5.74) is 5.85. The van der Waals surface area contributed by atoms with Gasteiger partial charge in [-0.05, 0) is 122 Å². The Morgan fingerprint density at radius 3 is 1.30 bits per heavy atom. The molecule has 1 aliphatic heterocycles. The maximum atomic E-state index is 14.9. The smallest absolute Gasteiger partial charge is 0.278 e. The third kappa shape index (κ3) is 41.1. The predicted molar refractivity (Wildman–Crippen MR) is 367 cm³/mol. The highest BCUT2D eigenvalue weighted by Gasteiger charge is 2.38. The van der Waals surface area contributed by atoms with Crippen molar-refractivity contribution in [3.8, 4) is 0 Å². The molecule has 0 aromatic rings. The van der Waals surface area contributed by atoms with Crippen LogP contribution in [-0.4, -0.2) is 262 Å². The Kier molecular flexibility index (Phi) is 42.5. The van der Waals surface area contributed by atoms with Gasteiger partial charge in [-0.25, -0.2) is 0 Å². The number of aliphatic hydroxyl groups is 2. The molecule has 0 aliphatic carbocycles. The van der Waals surface area contributed by atoms with Gasteiger partial charge in [0.05, 0.1) is 12.2 Å². The van der Waals surface area contributed by atoms with Crippen LogP contribution in [0.2, 0.25) is 0 Å². The third-order valence-corrected chi connectivity index (χ3v) is 17.7. The molecule has 1 fully saturated rings. The lowest BCUT2D eigenvalue weighted by molar-refractivity contribution is -0.137. The van der Waals surface area contributed by atoms with Gasteiger partial charge in [-0.2, -0.15) is 33.7 Å². The van der Waals surface area contributed by atoms with Gasteiger partial charge in [-0.3, -0.25) is 71.0 Å². The SMILES string of the molecule is CC[C@H](C)CCCCC(=O)N[C@@H](CCNCS(=O)(=O)O)C(=O)N[C@H](C(=O)N[C@@H](CCNCS(=O)(=O)O)C(=O)NC1CCNC(=O)C([C@@H](C)O)NC(=O)[C@H](CCNCS(=O)(=O)O)NC(=O)[C@H](CCN)NC(=O)[C@H](CC(C)C)NC(=O)[C@@H](CC(C)C)NC(=O)C(CCNCS(=O)(=O)O)NC1=O)[C@@H](C)O. The molecule has 11 amide bonds. The minimum atomic E-state index is -4.75. The Labute approximate surface area is 595 Å². The molecule has 45 heteroatoms. The normalized spacial score (nSPS) is 21.8. The molecular formula is C57H108N16O25S4. The van der Waals surface area contributed by atoms with Crippen molar-refractivity contribution in [2.75, 3.05) is 62.8 Å². The van der Waals surface area contributed by atoms with Gasteiger partial charge >= 0.3 is 0 Å². The highest BCUT2D eigenvalue weighted by Crippen LogP contribution is 2.15. The minimum Gasteiger partial charge on any atom is -0.391 e. The highest BCUT2D eigenvalue weighted by molar-refractivity contribution is 7.86. The number of carbonyl (C=O) groups excluding carboxylic acids is 11. The lowest BCUT2D eigenvalue weighted by Crippen LogP contribution is -2.62. The fraction of sp³-hybridized carbons (Fsp3) is 0.807. The van der Waals surface area contributed by atoms with Gasteiger partial charge < -0.3 is 95.7 Å². The van der Waals surface area contributed by atoms with Gasteiger partial charge in [0.2, 0.25) is 65.0 Å². The van der Waals surface area contributed by atoms with E-state index in [1.165, 1.54) is 0 Å². The molecule has 23 N–H and O–H groups in total. The van der Waals surface area contributed by atoms with E-state index in [-0.39, 0.29) is 51.1 Å². The summed E-state index contributed by atoms with van der Waals surface area (Å²) in [7, 11) is -18.7. The summed E-state index contributed by atoms with van der Waals surface area (Å²) in [6, 6.07) is -17.7. The van der Waals surface area contributed by atoms with Crippen LogP contribution in [0.1, 0.15) is 139 Å². The average molecular weight is 1550 g/mol. The zero-order valence-electron chi connectivity index (χ0n) is 58.6. The van der Waals surface area contributed by atoms with E-state index in [4.69, 9.17) is 5.73 Å². The number of hydrogen-bond donors (Lipinski definition) is 22.